The predicted molar refractivity (Wildman–Crippen MR) is 137 cm³/mol. The minimum Gasteiger partial charge on any atom is -0.439 e. The normalized spacial score (nSPS) is 15.4. The molecular formula is C28H32N4O3. The number of benzene rings is 2. The fraction of sp³-hybridized carbons (Fsp3) is 0.321. The van der Waals surface area contributed by atoms with E-state index in [9.17, 15) is 9.59 Å². The molecule has 2 N–H and O–H groups in total. The van der Waals surface area contributed by atoms with Crippen molar-refractivity contribution in [2.45, 2.75) is 40.2 Å². The van der Waals surface area contributed by atoms with Gasteiger partial charge < -0.3 is 20.3 Å². The zero-order valence-electron chi connectivity index (χ0n) is 20.5. The molecule has 0 bridgehead atoms. The van der Waals surface area contributed by atoms with E-state index in [2.05, 4.69) is 15.6 Å². The van der Waals surface area contributed by atoms with E-state index in [1.165, 1.54) is 0 Å². The molecule has 1 saturated heterocycles. The minimum absolute atomic E-state index is 0.0474. The number of carbonyl (C=O) groups excluding carboxylic acids is 2. The molecular weight excluding hydrogens is 440 g/mol. The first-order valence-electron chi connectivity index (χ1n) is 12.0. The molecule has 35 heavy (non-hydrogen) atoms. The first-order chi connectivity index (χ1) is 16.9. The van der Waals surface area contributed by atoms with Crippen LogP contribution in [0.1, 0.15) is 35.1 Å². The SMILES string of the molecule is Cc1cccc(NC(=O)N2CCCC(C(=O)NCc3ccc(Oc4cc(C)ccc4C)nc3)C2)c1. The number of hydrogen-bond donors (Lipinski definition) is 2. The van der Waals surface area contributed by atoms with Crippen LogP contribution >= 0.6 is 0 Å². The number of aromatic nitrogens is 1. The van der Waals surface area contributed by atoms with Crippen LogP contribution in [0.5, 0.6) is 11.6 Å². The Balaban J connectivity index is 1.27. The van der Waals surface area contributed by atoms with Gasteiger partial charge in [-0.05, 0) is 74.1 Å². The summed E-state index contributed by atoms with van der Waals surface area (Å²) in [6.07, 6.45) is 3.27. The van der Waals surface area contributed by atoms with Gasteiger partial charge in [0.1, 0.15) is 5.75 Å². The van der Waals surface area contributed by atoms with Crippen LogP contribution in [0.25, 0.3) is 0 Å². The Morgan fingerprint density at radius 3 is 2.66 bits per heavy atom. The Morgan fingerprint density at radius 1 is 1.06 bits per heavy atom. The summed E-state index contributed by atoms with van der Waals surface area (Å²) in [5.74, 6) is 1.02. The summed E-state index contributed by atoms with van der Waals surface area (Å²) in [5.41, 5.74) is 4.90. The number of nitrogens with zero attached hydrogens (tertiary/aromatic N) is 2. The molecule has 182 valence electrons. The summed E-state index contributed by atoms with van der Waals surface area (Å²) in [7, 11) is 0. The Hall–Kier alpha value is -3.87. The van der Waals surface area contributed by atoms with Crippen molar-refractivity contribution < 1.29 is 14.3 Å². The third-order valence-electron chi connectivity index (χ3n) is 6.17. The maximum absolute atomic E-state index is 12.8. The zero-order valence-corrected chi connectivity index (χ0v) is 20.5. The molecule has 1 unspecified atom stereocenters. The second-order valence-electron chi connectivity index (χ2n) is 9.18. The lowest BCUT2D eigenvalue weighted by Gasteiger charge is -2.32. The number of urea groups is 1. The van der Waals surface area contributed by atoms with Gasteiger partial charge in [-0.15, -0.1) is 0 Å². The van der Waals surface area contributed by atoms with Gasteiger partial charge in [0.15, 0.2) is 0 Å². The maximum atomic E-state index is 12.8. The number of aryl methyl sites for hydroxylation is 3. The van der Waals surface area contributed by atoms with Gasteiger partial charge in [-0.1, -0.05) is 30.3 Å². The summed E-state index contributed by atoms with van der Waals surface area (Å²) < 4.78 is 5.91. The quantitative estimate of drug-likeness (QED) is 0.506. The highest BCUT2D eigenvalue weighted by Gasteiger charge is 2.28. The minimum atomic E-state index is -0.230. The van der Waals surface area contributed by atoms with Crippen LogP contribution < -0.4 is 15.4 Å². The number of hydrogen-bond acceptors (Lipinski definition) is 4. The van der Waals surface area contributed by atoms with Gasteiger partial charge in [0, 0.05) is 37.6 Å². The first-order valence-corrected chi connectivity index (χ1v) is 12.0. The molecule has 2 heterocycles. The highest BCUT2D eigenvalue weighted by Crippen LogP contribution is 2.25. The highest BCUT2D eigenvalue weighted by atomic mass is 16.5. The smallest absolute Gasteiger partial charge is 0.321 e. The monoisotopic (exact) mass is 472 g/mol. The van der Waals surface area contributed by atoms with Crippen molar-refractivity contribution in [3.63, 3.8) is 0 Å². The van der Waals surface area contributed by atoms with E-state index in [0.29, 0.717) is 25.5 Å². The fourth-order valence-corrected chi connectivity index (χ4v) is 4.14. The van der Waals surface area contributed by atoms with Crippen LogP contribution in [0, 0.1) is 26.7 Å². The van der Waals surface area contributed by atoms with E-state index in [1.54, 1.807) is 17.2 Å². The van der Waals surface area contributed by atoms with E-state index >= 15 is 0 Å². The Labute approximate surface area is 206 Å². The first kappa shape index (κ1) is 24.3. The highest BCUT2D eigenvalue weighted by molar-refractivity contribution is 5.90. The van der Waals surface area contributed by atoms with Crippen molar-refractivity contribution in [3.8, 4) is 11.6 Å². The van der Waals surface area contributed by atoms with Crippen LogP contribution in [0.15, 0.2) is 60.8 Å². The Morgan fingerprint density at radius 2 is 1.89 bits per heavy atom. The Bertz CT molecular complexity index is 1190. The second kappa shape index (κ2) is 11.0. The average molecular weight is 473 g/mol. The molecule has 3 amide bonds. The summed E-state index contributed by atoms with van der Waals surface area (Å²) >= 11 is 0. The van der Waals surface area contributed by atoms with Crippen molar-refractivity contribution in [2.75, 3.05) is 18.4 Å². The number of nitrogens with one attached hydrogen (secondary N) is 2. The number of anilines is 1. The molecule has 0 spiro atoms. The van der Waals surface area contributed by atoms with Crippen LogP contribution in [0.4, 0.5) is 10.5 Å². The van der Waals surface area contributed by atoms with Crippen LogP contribution in [-0.4, -0.2) is 34.9 Å². The van der Waals surface area contributed by atoms with Gasteiger partial charge in [0.25, 0.3) is 0 Å². The molecule has 1 aromatic heterocycles. The molecule has 7 heteroatoms. The lowest BCUT2D eigenvalue weighted by molar-refractivity contribution is -0.126. The van der Waals surface area contributed by atoms with Crippen LogP contribution in [-0.2, 0) is 11.3 Å². The Kier molecular flexibility index (Phi) is 7.65. The molecule has 0 aliphatic carbocycles. The number of amides is 3. The van der Waals surface area contributed by atoms with E-state index in [-0.39, 0.29) is 17.9 Å². The zero-order chi connectivity index (χ0) is 24.8. The second-order valence-corrected chi connectivity index (χ2v) is 9.18. The van der Waals surface area contributed by atoms with Crippen molar-refractivity contribution >= 4 is 17.6 Å². The van der Waals surface area contributed by atoms with Crippen molar-refractivity contribution in [1.82, 2.24) is 15.2 Å². The number of carbonyl (C=O) groups is 2. The third-order valence-corrected chi connectivity index (χ3v) is 6.17. The van der Waals surface area contributed by atoms with Crippen molar-refractivity contribution in [2.24, 2.45) is 5.92 Å². The van der Waals surface area contributed by atoms with Crippen molar-refractivity contribution in [3.05, 3.63) is 83.0 Å². The predicted octanol–water partition coefficient (Wildman–Crippen LogP) is 5.36. The lowest BCUT2D eigenvalue weighted by Crippen LogP contribution is -2.46. The molecule has 1 aliphatic heterocycles. The van der Waals surface area contributed by atoms with Crippen molar-refractivity contribution in [1.29, 1.82) is 0 Å². The summed E-state index contributed by atoms with van der Waals surface area (Å²) in [4.78, 5) is 31.6. The molecule has 2 aromatic carbocycles. The molecule has 4 rings (SSSR count). The van der Waals surface area contributed by atoms with Crippen LogP contribution in [0.2, 0.25) is 0 Å². The standard InChI is InChI=1S/C28H32N4O3/c1-19-6-4-8-24(14-19)31-28(34)32-13-5-7-23(18-32)27(33)30-17-22-11-12-26(29-16-22)35-25-15-20(2)9-10-21(25)3/h4,6,8-12,14-16,23H,5,7,13,17-18H2,1-3H3,(H,30,33)(H,31,34). The fourth-order valence-electron chi connectivity index (χ4n) is 4.14. The molecule has 1 aliphatic rings. The molecule has 7 nitrogen and oxygen atoms in total. The number of piperidine rings is 1. The lowest BCUT2D eigenvalue weighted by atomic mass is 9.97. The largest absolute Gasteiger partial charge is 0.439 e. The molecule has 0 radical (unpaired) electrons. The number of likely N-dealkylation sites (tertiary alicyclic amines) is 1. The van der Waals surface area contributed by atoms with Gasteiger partial charge in [0.05, 0.1) is 5.92 Å². The van der Waals surface area contributed by atoms with E-state index in [0.717, 1.165) is 46.5 Å². The van der Waals surface area contributed by atoms with Gasteiger partial charge in [-0.3, -0.25) is 4.79 Å². The topological polar surface area (TPSA) is 83.6 Å². The molecule has 0 saturated carbocycles. The summed E-state index contributed by atoms with van der Waals surface area (Å²) in [5, 5.41) is 5.93. The maximum Gasteiger partial charge on any atom is 0.321 e. The molecule has 1 fully saturated rings. The van der Waals surface area contributed by atoms with E-state index in [1.807, 2.05) is 69.3 Å². The van der Waals surface area contributed by atoms with E-state index in [4.69, 9.17) is 4.74 Å². The van der Waals surface area contributed by atoms with E-state index < -0.39 is 0 Å². The van der Waals surface area contributed by atoms with Gasteiger partial charge in [0.2, 0.25) is 11.8 Å². The molecule has 1 atom stereocenters. The number of ether oxygens (including phenoxy) is 1. The summed E-state index contributed by atoms with van der Waals surface area (Å²) in [6.45, 7) is 7.43. The molecule has 3 aromatic rings. The van der Waals surface area contributed by atoms with Gasteiger partial charge in [-0.2, -0.15) is 0 Å². The third kappa shape index (κ3) is 6.59. The average Bonchev–Trinajstić information content (AvgIpc) is 2.86. The van der Waals surface area contributed by atoms with Gasteiger partial charge >= 0.3 is 6.03 Å². The number of pyridine rings is 1. The number of rotatable bonds is 6. The van der Waals surface area contributed by atoms with Crippen LogP contribution in [0.3, 0.4) is 0 Å². The van der Waals surface area contributed by atoms with Gasteiger partial charge in [-0.25, -0.2) is 9.78 Å². The summed E-state index contributed by atoms with van der Waals surface area (Å²) in [6, 6.07) is 17.3.